The lowest BCUT2D eigenvalue weighted by atomic mass is 9.96. The second-order valence-corrected chi connectivity index (χ2v) is 12.6. The molecule has 3 aliphatic heterocycles. The third-order valence-corrected chi connectivity index (χ3v) is 9.32. The number of rotatable bonds is 11. The molecule has 2 amide bonds. The summed E-state index contributed by atoms with van der Waals surface area (Å²) in [7, 11) is 0. The highest BCUT2D eigenvalue weighted by Crippen LogP contribution is 2.41. The summed E-state index contributed by atoms with van der Waals surface area (Å²) < 4.78 is 0. The van der Waals surface area contributed by atoms with Crippen LogP contribution in [0.25, 0.3) is 5.57 Å². The van der Waals surface area contributed by atoms with Gasteiger partial charge in [0, 0.05) is 42.7 Å². The topological polar surface area (TPSA) is 47.1 Å². The molecule has 6 heteroatoms. The molecule has 1 atom stereocenters. The minimum atomic E-state index is -0.569. The highest BCUT2D eigenvalue weighted by Gasteiger charge is 2.47. The van der Waals surface area contributed by atoms with Gasteiger partial charge < -0.3 is 9.80 Å². The van der Waals surface area contributed by atoms with Crippen LogP contribution in [-0.2, 0) is 16.1 Å². The van der Waals surface area contributed by atoms with Crippen molar-refractivity contribution < 1.29 is 9.59 Å². The molecule has 242 valence electrons. The lowest BCUT2D eigenvalue weighted by Gasteiger charge is -2.32. The Morgan fingerprint density at radius 3 is 2.06 bits per heavy atom. The van der Waals surface area contributed by atoms with Crippen LogP contribution in [0.5, 0.6) is 0 Å². The second-order valence-electron chi connectivity index (χ2n) is 12.6. The second kappa shape index (κ2) is 15.7. The molecule has 47 heavy (non-hydrogen) atoms. The van der Waals surface area contributed by atoms with E-state index < -0.39 is 5.92 Å². The van der Waals surface area contributed by atoms with Crippen LogP contribution in [0.4, 0.5) is 11.4 Å². The Morgan fingerprint density at radius 1 is 0.723 bits per heavy atom. The van der Waals surface area contributed by atoms with Crippen molar-refractivity contribution in [3.8, 4) is 0 Å². The smallest absolute Gasteiger partial charge is 0.258 e. The standard InChI is InChI=1S/C22H22N2O2.C19H24N2/c1-2-3-5-13-18-21(25)23-15-19(16-10-6-4-7-11-16)17-12-8-9-14-20(17)24(23)22(18)26;1-3-9-18(10-4-1)17-21(19-11-5-2-6-12-19)16-15-20-13-7-8-14-20/h4,6-12,14-15,18H,2-3,5,13H2,1H3;1-6,9-12H,7-8,13-17H2. The van der Waals surface area contributed by atoms with Crippen molar-refractivity contribution in [2.24, 2.45) is 5.92 Å². The monoisotopic (exact) mass is 626 g/mol. The van der Waals surface area contributed by atoms with Gasteiger partial charge in [-0.05, 0) is 61.7 Å². The molecule has 1 unspecified atom stereocenters. The summed E-state index contributed by atoms with van der Waals surface area (Å²) in [5.41, 5.74) is 6.46. The maximum absolute atomic E-state index is 13.0. The average Bonchev–Trinajstić information content (AvgIpc) is 3.74. The van der Waals surface area contributed by atoms with E-state index in [1.807, 2.05) is 60.8 Å². The summed E-state index contributed by atoms with van der Waals surface area (Å²) in [5.74, 6) is -0.795. The fourth-order valence-corrected chi connectivity index (χ4v) is 6.76. The van der Waals surface area contributed by atoms with E-state index >= 15 is 0 Å². The van der Waals surface area contributed by atoms with Crippen molar-refractivity contribution >= 4 is 28.8 Å². The number of likely N-dealkylation sites (tertiary alicyclic amines) is 1. The Labute approximate surface area is 279 Å². The summed E-state index contributed by atoms with van der Waals surface area (Å²) in [6, 6.07) is 39.3. The van der Waals surface area contributed by atoms with Crippen molar-refractivity contribution in [3.05, 3.63) is 138 Å². The number of para-hydroxylation sites is 2. The molecule has 3 heterocycles. The Hall–Kier alpha value is -4.68. The fraction of sp³-hybridized carbons (Fsp3) is 0.317. The normalized spacial score (nSPS) is 17.1. The summed E-state index contributed by atoms with van der Waals surface area (Å²) >= 11 is 0. The molecule has 0 spiro atoms. The van der Waals surface area contributed by atoms with E-state index in [0.717, 1.165) is 54.7 Å². The molecule has 7 rings (SSSR count). The quantitative estimate of drug-likeness (QED) is 0.125. The first kappa shape index (κ1) is 32.3. The Morgan fingerprint density at radius 2 is 1.36 bits per heavy atom. The van der Waals surface area contributed by atoms with Gasteiger partial charge in [0.05, 0.1) is 5.69 Å². The first-order chi connectivity index (χ1) is 23.1. The highest BCUT2D eigenvalue weighted by molar-refractivity contribution is 6.17. The molecular formula is C41H46N4O2. The Kier molecular flexibility index (Phi) is 10.8. The van der Waals surface area contributed by atoms with Gasteiger partial charge in [0.15, 0.2) is 0 Å². The van der Waals surface area contributed by atoms with E-state index in [1.165, 1.54) is 48.7 Å². The number of fused-ring (bicyclic) bond motifs is 3. The van der Waals surface area contributed by atoms with E-state index in [4.69, 9.17) is 0 Å². The van der Waals surface area contributed by atoms with E-state index in [0.29, 0.717) is 6.42 Å². The van der Waals surface area contributed by atoms with E-state index in [-0.39, 0.29) is 11.8 Å². The molecule has 0 aromatic heterocycles. The first-order valence-corrected chi connectivity index (χ1v) is 17.2. The fourth-order valence-electron chi connectivity index (χ4n) is 6.76. The van der Waals surface area contributed by atoms with Gasteiger partial charge in [-0.1, -0.05) is 123 Å². The zero-order valence-electron chi connectivity index (χ0n) is 27.5. The lowest BCUT2D eigenvalue weighted by Crippen LogP contribution is -2.40. The largest absolute Gasteiger partial charge is 0.366 e. The average molecular weight is 627 g/mol. The number of amides is 2. The van der Waals surface area contributed by atoms with Crippen LogP contribution < -0.4 is 9.91 Å². The van der Waals surface area contributed by atoms with Crippen molar-refractivity contribution in [1.82, 2.24) is 9.91 Å². The molecule has 4 aromatic carbocycles. The Balaban J connectivity index is 0.000000168. The number of nitrogens with zero attached hydrogens (tertiary/aromatic N) is 4. The first-order valence-electron chi connectivity index (χ1n) is 17.2. The van der Waals surface area contributed by atoms with Gasteiger partial charge in [-0.2, -0.15) is 0 Å². The van der Waals surface area contributed by atoms with E-state index in [9.17, 15) is 9.59 Å². The van der Waals surface area contributed by atoms with E-state index in [2.05, 4.69) is 77.4 Å². The number of carbonyl (C=O) groups excluding carboxylic acids is 2. The zero-order chi connectivity index (χ0) is 32.4. The minimum absolute atomic E-state index is 0.109. The van der Waals surface area contributed by atoms with Crippen molar-refractivity contribution in [1.29, 1.82) is 0 Å². The van der Waals surface area contributed by atoms with Gasteiger partial charge in [0.2, 0.25) is 0 Å². The van der Waals surface area contributed by atoms with Crippen LogP contribution in [0.1, 0.15) is 62.1 Å². The molecule has 3 aliphatic rings. The number of anilines is 2. The van der Waals surface area contributed by atoms with Crippen LogP contribution in [0.3, 0.4) is 0 Å². The van der Waals surface area contributed by atoms with Crippen LogP contribution >= 0.6 is 0 Å². The predicted octanol–water partition coefficient (Wildman–Crippen LogP) is 8.17. The minimum Gasteiger partial charge on any atom is -0.366 e. The Bertz CT molecular complexity index is 1630. The van der Waals surface area contributed by atoms with Crippen LogP contribution in [0, 0.1) is 5.92 Å². The predicted molar refractivity (Wildman–Crippen MR) is 192 cm³/mol. The molecule has 6 nitrogen and oxygen atoms in total. The highest BCUT2D eigenvalue weighted by atomic mass is 16.2. The number of hydrazine groups is 1. The molecule has 0 radical (unpaired) electrons. The molecule has 0 N–H and O–H groups in total. The van der Waals surface area contributed by atoms with Gasteiger partial charge in [-0.25, -0.2) is 10.0 Å². The van der Waals surface area contributed by atoms with Crippen molar-refractivity contribution in [2.45, 2.75) is 52.0 Å². The van der Waals surface area contributed by atoms with Crippen LogP contribution in [-0.4, -0.2) is 47.9 Å². The van der Waals surface area contributed by atoms with Crippen LogP contribution in [0.15, 0.2) is 121 Å². The van der Waals surface area contributed by atoms with Gasteiger partial charge in [-0.3, -0.25) is 9.59 Å². The molecule has 2 fully saturated rings. The number of carbonyl (C=O) groups is 2. The van der Waals surface area contributed by atoms with Gasteiger partial charge >= 0.3 is 0 Å². The summed E-state index contributed by atoms with van der Waals surface area (Å²) in [5, 5.41) is 3.07. The SMILES string of the molecule is CCCCCC1C(=O)N2C=C(c3ccccc3)c3ccccc3N2C1=O.c1ccc(CN(CCN2CCCC2)c2ccccc2)cc1. The zero-order valence-corrected chi connectivity index (χ0v) is 27.5. The van der Waals surface area contributed by atoms with Gasteiger partial charge in [0.25, 0.3) is 11.8 Å². The van der Waals surface area contributed by atoms with Gasteiger partial charge in [-0.15, -0.1) is 0 Å². The maximum atomic E-state index is 13.0. The lowest BCUT2D eigenvalue weighted by molar-refractivity contribution is -0.131. The van der Waals surface area contributed by atoms with Crippen molar-refractivity contribution in [3.63, 3.8) is 0 Å². The molecule has 4 aromatic rings. The molecular weight excluding hydrogens is 580 g/mol. The number of benzene rings is 4. The van der Waals surface area contributed by atoms with Crippen molar-refractivity contribution in [2.75, 3.05) is 36.1 Å². The molecule has 2 saturated heterocycles. The number of hydrogen-bond acceptors (Lipinski definition) is 4. The number of hydrogen-bond donors (Lipinski definition) is 0. The molecule has 0 bridgehead atoms. The third kappa shape index (κ3) is 7.66. The molecule has 0 saturated carbocycles. The summed E-state index contributed by atoms with van der Waals surface area (Å²) in [6.45, 7) is 7.91. The third-order valence-electron chi connectivity index (χ3n) is 9.32. The summed E-state index contributed by atoms with van der Waals surface area (Å²) in [4.78, 5) is 31.0. The van der Waals surface area contributed by atoms with Gasteiger partial charge in [0.1, 0.15) is 5.92 Å². The summed E-state index contributed by atoms with van der Waals surface area (Å²) in [6.07, 6.45) is 8.18. The van der Waals surface area contributed by atoms with E-state index in [1.54, 1.807) is 5.01 Å². The maximum Gasteiger partial charge on any atom is 0.258 e. The van der Waals surface area contributed by atoms with Crippen LogP contribution in [0.2, 0.25) is 0 Å². The molecule has 0 aliphatic carbocycles. The number of unbranched alkanes of at least 4 members (excludes halogenated alkanes) is 2.